The number of carboxylic acid groups (broad SMARTS) is 1. The molecule has 0 spiro atoms. The smallest absolute Gasteiger partial charge is 0.307 e. The van der Waals surface area contributed by atoms with Crippen molar-refractivity contribution in [3.63, 3.8) is 0 Å². The molecule has 1 fully saturated rings. The first-order valence-corrected chi connectivity index (χ1v) is 6.23. The van der Waals surface area contributed by atoms with E-state index in [9.17, 15) is 4.79 Å². The SMILES string of the molecule is CCN1CCC(CNC(C)C(C)C(=O)O)C1. The van der Waals surface area contributed by atoms with Crippen LogP contribution >= 0.6 is 0 Å². The largest absolute Gasteiger partial charge is 0.481 e. The van der Waals surface area contributed by atoms with Gasteiger partial charge in [-0.1, -0.05) is 13.8 Å². The van der Waals surface area contributed by atoms with Gasteiger partial charge in [-0.05, 0) is 38.9 Å². The van der Waals surface area contributed by atoms with Crippen LogP contribution in [0.1, 0.15) is 27.2 Å². The van der Waals surface area contributed by atoms with Gasteiger partial charge < -0.3 is 15.3 Å². The molecule has 2 N–H and O–H groups in total. The minimum atomic E-state index is -0.721. The van der Waals surface area contributed by atoms with Crippen LogP contribution in [0.4, 0.5) is 0 Å². The zero-order valence-electron chi connectivity index (χ0n) is 10.6. The summed E-state index contributed by atoms with van der Waals surface area (Å²) in [5.41, 5.74) is 0. The molecule has 3 atom stereocenters. The van der Waals surface area contributed by atoms with Crippen LogP contribution in [-0.2, 0) is 4.79 Å². The number of hydrogen-bond acceptors (Lipinski definition) is 3. The van der Waals surface area contributed by atoms with Gasteiger partial charge in [-0.2, -0.15) is 0 Å². The summed E-state index contributed by atoms with van der Waals surface area (Å²) in [5, 5.41) is 12.2. The highest BCUT2D eigenvalue weighted by Crippen LogP contribution is 2.15. The van der Waals surface area contributed by atoms with E-state index in [0.29, 0.717) is 5.92 Å². The number of aliphatic carboxylic acids is 1. The van der Waals surface area contributed by atoms with Crippen LogP contribution in [0.15, 0.2) is 0 Å². The Kier molecular flexibility index (Phi) is 5.22. The second kappa shape index (κ2) is 6.21. The maximum absolute atomic E-state index is 10.8. The van der Waals surface area contributed by atoms with E-state index in [2.05, 4.69) is 17.1 Å². The van der Waals surface area contributed by atoms with Gasteiger partial charge in [0.25, 0.3) is 0 Å². The van der Waals surface area contributed by atoms with Gasteiger partial charge in [0.2, 0.25) is 0 Å². The first-order chi connectivity index (χ1) is 7.54. The van der Waals surface area contributed by atoms with Gasteiger partial charge >= 0.3 is 5.97 Å². The molecule has 0 aromatic heterocycles. The number of carbonyl (C=O) groups is 1. The summed E-state index contributed by atoms with van der Waals surface area (Å²) in [6, 6.07) is 0.0492. The molecule has 0 amide bonds. The standard InChI is InChI=1S/C12H24N2O2/c1-4-14-6-5-11(8-14)7-13-10(3)9(2)12(15)16/h9-11,13H,4-8H2,1-3H3,(H,15,16). The van der Waals surface area contributed by atoms with E-state index in [-0.39, 0.29) is 12.0 Å². The van der Waals surface area contributed by atoms with Gasteiger partial charge in [0.15, 0.2) is 0 Å². The normalized spacial score (nSPS) is 25.6. The van der Waals surface area contributed by atoms with E-state index in [1.54, 1.807) is 6.92 Å². The van der Waals surface area contributed by atoms with Gasteiger partial charge in [-0.15, -0.1) is 0 Å². The Morgan fingerprint density at radius 1 is 1.56 bits per heavy atom. The molecule has 1 aliphatic rings. The molecule has 16 heavy (non-hydrogen) atoms. The fourth-order valence-corrected chi connectivity index (χ4v) is 2.11. The van der Waals surface area contributed by atoms with E-state index in [4.69, 9.17) is 5.11 Å². The van der Waals surface area contributed by atoms with Crippen LogP contribution in [0.5, 0.6) is 0 Å². The number of nitrogens with one attached hydrogen (secondary N) is 1. The Hall–Kier alpha value is -0.610. The predicted octanol–water partition coefficient (Wildman–Crippen LogP) is 1.03. The summed E-state index contributed by atoms with van der Waals surface area (Å²) < 4.78 is 0. The molecule has 3 unspecified atom stereocenters. The highest BCUT2D eigenvalue weighted by atomic mass is 16.4. The van der Waals surface area contributed by atoms with Crippen LogP contribution in [0.25, 0.3) is 0 Å². The van der Waals surface area contributed by atoms with Crippen molar-refractivity contribution in [1.82, 2.24) is 10.2 Å². The van der Waals surface area contributed by atoms with Crippen LogP contribution in [0.2, 0.25) is 0 Å². The maximum atomic E-state index is 10.8. The van der Waals surface area contributed by atoms with Crippen molar-refractivity contribution in [3.8, 4) is 0 Å². The molecular weight excluding hydrogens is 204 g/mol. The monoisotopic (exact) mass is 228 g/mol. The quantitative estimate of drug-likeness (QED) is 0.713. The molecule has 94 valence electrons. The molecule has 1 rings (SSSR count). The Labute approximate surface area is 98.0 Å². The first-order valence-electron chi connectivity index (χ1n) is 6.23. The van der Waals surface area contributed by atoms with Crippen molar-refractivity contribution in [1.29, 1.82) is 0 Å². The summed E-state index contributed by atoms with van der Waals surface area (Å²) in [4.78, 5) is 13.2. The lowest BCUT2D eigenvalue weighted by molar-refractivity contribution is -0.141. The zero-order chi connectivity index (χ0) is 12.1. The topological polar surface area (TPSA) is 52.6 Å². The molecule has 0 aromatic carbocycles. The van der Waals surface area contributed by atoms with Crippen molar-refractivity contribution in [3.05, 3.63) is 0 Å². The highest BCUT2D eigenvalue weighted by Gasteiger charge is 2.23. The molecule has 0 aromatic rings. The lowest BCUT2D eigenvalue weighted by atomic mass is 10.0. The lowest BCUT2D eigenvalue weighted by Gasteiger charge is -2.20. The maximum Gasteiger partial charge on any atom is 0.307 e. The minimum Gasteiger partial charge on any atom is -0.481 e. The number of rotatable bonds is 6. The average molecular weight is 228 g/mol. The molecule has 0 saturated carbocycles. The highest BCUT2D eigenvalue weighted by molar-refractivity contribution is 5.70. The summed E-state index contributed by atoms with van der Waals surface area (Å²) in [5.74, 6) is -0.353. The number of hydrogen-bond donors (Lipinski definition) is 2. The van der Waals surface area contributed by atoms with Gasteiger partial charge in [-0.3, -0.25) is 4.79 Å². The Morgan fingerprint density at radius 2 is 2.25 bits per heavy atom. The summed E-state index contributed by atoms with van der Waals surface area (Å²) in [6.07, 6.45) is 1.23. The summed E-state index contributed by atoms with van der Waals surface area (Å²) >= 11 is 0. The first kappa shape index (κ1) is 13.5. The molecular formula is C12H24N2O2. The predicted molar refractivity (Wildman–Crippen MR) is 64.5 cm³/mol. The van der Waals surface area contributed by atoms with Crippen molar-refractivity contribution < 1.29 is 9.90 Å². The second-order valence-electron chi connectivity index (χ2n) is 4.87. The molecule has 0 bridgehead atoms. The van der Waals surface area contributed by atoms with Gasteiger partial charge in [0, 0.05) is 12.6 Å². The van der Waals surface area contributed by atoms with Crippen LogP contribution in [0, 0.1) is 11.8 Å². The van der Waals surface area contributed by atoms with Crippen molar-refractivity contribution in [2.75, 3.05) is 26.2 Å². The number of likely N-dealkylation sites (tertiary alicyclic amines) is 1. The molecule has 0 aliphatic carbocycles. The van der Waals surface area contributed by atoms with Gasteiger partial charge in [0.1, 0.15) is 0 Å². The van der Waals surface area contributed by atoms with Crippen LogP contribution < -0.4 is 5.32 Å². The average Bonchev–Trinajstić information content (AvgIpc) is 2.72. The lowest BCUT2D eigenvalue weighted by Crippen LogP contribution is -2.39. The Balaban J connectivity index is 2.22. The Bertz CT molecular complexity index is 233. The second-order valence-corrected chi connectivity index (χ2v) is 4.87. The van der Waals surface area contributed by atoms with E-state index in [1.165, 1.54) is 13.0 Å². The van der Waals surface area contributed by atoms with Crippen LogP contribution in [0.3, 0.4) is 0 Å². The fraction of sp³-hybridized carbons (Fsp3) is 0.917. The summed E-state index contributed by atoms with van der Waals surface area (Å²) in [6.45, 7) is 10.3. The van der Waals surface area contributed by atoms with Gasteiger partial charge in [-0.25, -0.2) is 0 Å². The minimum absolute atomic E-state index is 0.0492. The van der Waals surface area contributed by atoms with Crippen molar-refractivity contribution in [2.45, 2.75) is 33.2 Å². The van der Waals surface area contributed by atoms with E-state index >= 15 is 0 Å². The molecule has 4 heteroatoms. The number of carboxylic acids is 1. The Morgan fingerprint density at radius 3 is 2.75 bits per heavy atom. The fourth-order valence-electron chi connectivity index (χ4n) is 2.11. The molecule has 1 saturated heterocycles. The molecule has 1 heterocycles. The van der Waals surface area contributed by atoms with Crippen LogP contribution in [-0.4, -0.2) is 48.2 Å². The molecule has 1 aliphatic heterocycles. The molecule has 4 nitrogen and oxygen atoms in total. The zero-order valence-corrected chi connectivity index (χ0v) is 10.6. The third-order valence-electron chi connectivity index (χ3n) is 3.69. The van der Waals surface area contributed by atoms with E-state index in [0.717, 1.165) is 19.6 Å². The number of nitrogens with zero attached hydrogens (tertiary/aromatic N) is 1. The third kappa shape index (κ3) is 3.76. The van der Waals surface area contributed by atoms with E-state index in [1.807, 2.05) is 6.92 Å². The third-order valence-corrected chi connectivity index (χ3v) is 3.69. The van der Waals surface area contributed by atoms with Crippen molar-refractivity contribution >= 4 is 5.97 Å². The van der Waals surface area contributed by atoms with Crippen molar-refractivity contribution in [2.24, 2.45) is 11.8 Å². The van der Waals surface area contributed by atoms with E-state index < -0.39 is 5.97 Å². The van der Waals surface area contributed by atoms with Gasteiger partial charge in [0.05, 0.1) is 5.92 Å². The molecule has 0 radical (unpaired) electrons. The summed E-state index contributed by atoms with van der Waals surface area (Å²) in [7, 11) is 0.